The van der Waals surface area contributed by atoms with E-state index >= 15 is 0 Å². The molecule has 0 N–H and O–H groups in total. The van der Waals surface area contributed by atoms with Gasteiger partial charge in [-0.1, -0.05) is 12.1 Å². The summed E-state index contributed by atoms with van der Waals surface area (Å²) in [5, 5.41) is 2.11. The van der Waals surface area contributed by atoms with Crippen molar-refractivity contribution in [2.45, 2.75) is 18.5 Å². The van der Waals surface area contributed by atoms with E-state index in [2.05, 4.69) is 9.97 Å². The molecule has 0 aliphatic carbocycles. The van der Waals surface area contributed by atoms with Crippen LogP contribution in [0.25, 0.3) is 11.4 Å². The third-order valence-electron chi connectivity index (χ3n) is 4.30. The van der Waals surface area contributed by atoms with Gasteiger partial charge in [0.15, 0.2) is 5.82 Å². The average molecular weight is 556 g/mol. The van der Waals surface area contributed by atoms with Crippen molar-refractivity contribution in [1.82, 2.24) is 9.97 Å². The number of hydrogen-bond acceptors (Lipinski definition) is 6. The fourth-order valence-corrected chi connectivity index (χ4v) is 4.08. The van der Waals surface area contributed by atoms with Crippen LogP contribution in [-0.4, -0.2) is 9.97 Å². The summed E-state index contributed by atoms with van der Waals surface area (Å²) in [5.74, 6) is -1.44. The third kappa shape index (κ3) is 6.07. The zero-order valence-electron chi connectivity index (χ0n) is 17.1. The summed E-state index contributed by atoms with van der Waals surface area (Å²) >= 11 is 0.711. The molecule has 190 valence electrons. The normalized spacial score (nSPS) is 12.6. The zero-order valence-corrected chi connectivity index (χ0v) is 18.8. The van der Waals surface area contributed by atoms with Crippen LogP contribution in [0.1, 0.15) is 15.3 Å². The van der Waals surface area contributed by atoms with E-state index < -0.39 is 33.8 Å². The first kappa shape index (κ1) is 25.8. The van der Waals surface area contributed by atoms with Crippen LogP contribution in [-0.2, 0) is 18.5 Å². The van der Waals surface area contributed by atoms with Gasteiger partial charge in [0.25, 0.3) is 0 Å². The minimum Gasteiger partial charge on any atom is -0.438 e. The first-order valence-corrected chi connectivity index (χ1v) is 11.2. The summed E-state index contributed by atoms with van der Waals surface area (Å²) < 4.78 is 127. The van der Waals surface area contributed by atoms with Gasteiger partial charge in [-0.25, -0.2) is 0 Å². The molecule has 15 heteroatoms. The molecule has 4 nitrogen and oxygen atoms in total. The highest BCUT2D eigenvalue weighted by Crippen LogP contribution is 2.40. The Morgan fingerprint density at radius 3 is 1.39 bits per heavy atom. The predicted octanol–water partition coefficient (Wildman–Crippen LogP) is 8.91. The van der Waals surface area contributed by atoms with E-state index in [-0.39, 0.29) is 34.6 Å². The molecule has 3 heterocycles. The first-order chi connectivity index (χ1) is 16.7. The monoisotopic (exact) mass is 556 g/mol. The molecular weight excluding hydrogens is 547 g/mol. The van der Waals surface area contributed by atoms with E-state index in [1.165, 1.54) is 0 Å². The largest absolute Gasteiger partial charge is 0.438 e. The van der Waals surface area contributed by atoms with Gasteiger partial charge in [-0.05, 0) is 12.1 Å². The van der Waals surface area contributed by atoms with Gasteiger partial charge in [0.2, 0.25) is 11.8 Å². The highest BCUT2D eigenvalue weighted by atomic mass is 32.1. The third-order valence-corrected chi connectivity index (χ3v) is 6.21. The Hall–Kier alpha value is -3.33. The molecular formula is C21H9F9N2O2S2. The molecule has 0 spiro atoms. The Balaban J connectivity index is 1.69. The van der Waals surface area contributed by atoms with Gasteiger partial charge in [0.05, 0.1) is 11.6 Å². The van der Waals surface area contributed by atoms with E-state index in [4.69, 9.17) is 9.47 Å². The number of thiophene rings is 2. The number of hydrogen-bond donors (Lipinski definition) is 0. The van der Waals surface area contributed by atoms with Crippen LogP contribution in [0.4, 0.5) is 39.5 Å². The van der Waals surface area contributed by atoms with Gasteiger partial charge in [0.1, 0.15) is 21.3 Å². The van der Waals surface area contributed by atoms with E-state index in [0.717, 1.165) is 41.1 Å². The number of ether oxygens (including phenoxy) is 2. The van der Waals surface area contributed by atoms with E-state index in [9.17, 15) is 39.5 Å². The Morgan fingerprint density at radius 2 is 1.03 bits per heavy atom. The number of alkyl halides is 9. The topological polar surface area (TPSA) is 44.2 Å². The molecule has 0 bridgehead atoms. The molecule has 0 aliphatic heterocycles. The van der Waals surface area contributed by atoms with Crippen molar-refractivity contribution in [3.05, 3.63) is 68.5 Å². The molecule has 0 fully saturated rings. The number of halogens is 9. The van der Waals surface area contributed by atoms with Gasteiger partial charge >= 0.3 is 18.5 Å². The second-order valence-electron chi connectivity index (χ2n) is 6.94. The van der Waals surface area contributed by atoms with Gasteiger partial charge in [-0.15, -0.1) is 22.7 Å². The molecule has 0 radical (unpaired) electrons. The summed E-state index contributed by atoms with van der Waals surface area (Å²) in [4.78, 5) is 6.09. The quantitative estimate of drug-likeness (QED) is 0.230. The van der Waals surface area contributed by atoms with Crippen LogP contribution >= 0.6 is 22.7 Å². The molecule has 0 unspecified atom stereocenters. The van der Waals surface area contributed by atoms with Crippen LogP contribution in [0.2, 0.25) is 0 Å². The highest BCUT2D eigenvalue weighted by Gasteiger charge is 2.34. The SMILES string of the molecule is FC(F)(F)c1ccc(-c2nc(Oc3csc(C(F)(F)F)c3)cc(Oc3csc(C(F)(F)F)c3)n2)cc1. The zero-order chi connectivity index (χ0) is 26.3. The molecule has 0 saturated heterocycles. The lowest BCUT2D eigenvalue weighted by Crippen LogP contribution is -2.04. The maximum atomic E-state index is 12.9. The Morgan fingerprint density at radius 1 is 0.583 bits per heavy atom. The average Bonchev–Trinajstić information content (AvgIpc) is 3.43. The lowest BCUT2D eigenvalue weighted by atomic mass is 10.1. The van der Waals surface area contributed by atoms with Gasteiger partial charge in [0, 0.05) is 28.5 Å². The summed E-state index contributed by atoms with van der Waals surface area (Å²) in [5.41, 5.74) is -0.896. The minimum atomic E-state index is -4.62. The van der Waals surface area contributed by atoms with Gasteiger partial charge in [-0.3, -0.25) is 0 Å². The number of nitrogens with zero attached hydrogens (tertiary/aromatic N) is 2. The number of aromatic nitrogens is 2. The molecule has 0 atom stereocenters. The van der Waals surface area contributed by atoms with Gasteiger partial charge in [-0.2, -0.15) is 49.5 Å². The molecule has 3 aromatic heterocycles. The molecule has 4 rings (SSSR count). The Labute approximate surface area is 203 Å². The van der Waals surface area contributed by atoms with Crippen LogP contribution in [0.15, 0.2) is 53.2 Å². The first-order valence-electron chi connectivity index (χ1n) is 9.42. The Kier molecular flexibility index (Phi) is 6.64. The number of rotatable bonds is 5. The lowest BCUT2D eigenvalue weighted by molar-refractivity contribution is -0.137. The minimum absolute atomic E-state index is 0.0564. The molecule has 0 amide bonds. The fraction of sp³-hybridized carbons (Fsp3) is 0.143. The summed E-state index contributed by atoms with van der Waals surface area (Å²) in [7, 11) is 0. The van der Waals surface area contributed by atoms with Crippen molar-refractivity contribution in [3.63, 3.8) is 0 Å². The van der Waals surface area contributed by atoms with E-state index in [1.807, 2.05) is 0 Å². The predicted molar refractivity (Wildman–Crippen MR) is 111 cm³/mol. The standard InChI is InChI=1S/C21H9F9N2O2S2/c22-19(23,24)11-3-1-10(2-4-11)18-31-16(33-12-5-14(35-8-12)20(25,26)27)7-17(32-18)34-13-6-15(36-9-13)21(28,29)30/h1-9H. The highest BCUT2D eigenvalue weighted by molar-refractivity contribution is 7.10. The maximum Gasteiger partial charge on any atom is 0.425 e. The van der Waals surface area contributed by atoms with Crippen molar-refractivity contribution in [2.24, 2.45) is 0 Å². The number of benzene rings is 1. The van der Waals surface area contributed by atoms with Crippen LogP contribution in [0.5, 0.6) is 23.3 Å². The summed E-state index contributed by atoms with van der Waals surface area (Å²) in [6, 6.07) is 6.04. The van der Waals surface area contributed by atoms with Crippen molar-refractivity contribution >= 4 is 22.7 Å². The molecule has 36 heavy (non-hydrogen) atoms. The Bertz CT molecular complexity index is 1280. The fourth-order valence-electron chi connectivity index (χ4n) is 2.73. The second-order valence-corrected chi connectivity index (χ2v) is 8.76. The summed E-state index contributed by atoms with van der Waals surface area (Å²) in [6.07, 6.45) is -13.8. The molecule has 1 aromatic carbocycles. The maximum absolute atomic E-state index is 12.9. The van der Waals surface area contributed by atoms with E-state index in [1.54, 1.807) is 0 Å². The molecule has 0 aliphatic rings. The lowest BCUT2D eigenvalue weighted by Gasteiger charge is -2.10. The van der Waals surface area contributed by atoms with Crippen LogP contribution in [0, 0.1) is 0 Å². The molecule has 0 saturated carbocycles. The van der Waals surface area contributed by atoms with E-state index in [0.29, 0.717) is 34.8 Å². The van der Waals surface area contributed by atoms with Crippen molar-refractivity contribution in [3.8, 4) is 34.6 Å². The van der Waals surface area contributed by atoms with Crippen molar-refractivity contribution < 1.29 is 49.0 Å². The smallest absolute Gasteiger partial charge is 0.425 e. The van der Waals surface area contributed by atoms with Crippen LogP contribution in [0.3, 0.4) is 0 Å². The van der Waals surface area contributed by atoms with Crippen molar-refractivity contribution in [2.75, 3.05) is 0 Å². The summed E-state index contributed by atoms with van der Waals surface area (Å²) in [6.45, 7) is 0. The van der Waals surface area contributed by atoms with Crippen molar-refractivity contribution in [1.29, 1.82) is 0 Å². The molecule has 4 aromatic rings. The second kappa shape index (κ2) is 9.28. The van der Waals surface area contributed by atoms with Crippen LogP contribution < -0.4 is 9.47 Å². The van der Waals surface area contributed by atoms with Gasteiger partial charge < -0.3 is 9.47 Å².